The number of rotatable bonds is 4. The fraction of sp³-hybridized carbons (Fsp3) is 0.222. The van der Waals surface area contributed by atoms with E-state index in [-0.39, 0.29) is 15.8 Å². The monoisotopic (exact) mass is 305 g/mol. The maximum Gasteiger partial charge on any atom is 0.337 e. The lowest BCUT2D eigenvalue weighted by Gasteiger charge is -2.12. The summed E-state index contributed by atoms with van der Waals surface area (Å²) >= 11 is 2.93. The summed E-state index contributed by atoms with van der Waals surface area (Å²) in [6.45, 7) is 0. The number of nitrogens with zero attached hydrogens (tertiary/aromatic N) is 1. The number of aliphatic carboxylic acids is 1. The molecule has 0 spiro atoms. The van der Waals surface area contributed by atoms with Gasteiger partial charge < -0.3 is 14.9 Å². The number of benzene rings is 1. The van der Waals surface area contributed by atoms with E-state index in [1.807, 2.05) is 0 Å². The van der Waals surface area contributed by atoms with Crippen LogP contribution in [0.1, 0.15) is 11.7 Å². The Morgan fingerprint density at radius 3 is 2.59 bits per heavy atom. The van der Waals surface area contributed by atoms with Crippen LogP contribution in [0.2, 0.25) is 0 Å². The third-order valence-corrected chi connectivity index (χ3v) is 2.68. The molecule has 92 valence electrons. The van der Waals surface area contributed by atoms with Crippen molar-refractivity contribution in [3.63, 3.8) is 0 Å². The fourth-order valence-corrected chi connectivity index (χ4v) is 1.80. The molecule has 7 nitrogen and oxygen atoms in total. The van der Waals surface area contributed by atoms with Crippen molar-refractivity contribution in [1.82, 2.24) is 0 Å². The molecule has 0 amide bonds. The maximum atomic E-state index is 10.9. The lowest BCUT2D eigenvalue weighted by atomic mass is 10.1. The Bertz CT molecular complexity index is 475. The zero-order valence-electron chi connectivity index (χ0n) is 8.58. The number of hydrogen-bond donors (Lipinski definition) is 2. The molecule has 1 aromatic carbocycles. The molecule has 1 rings (SSSR count). The van der Waals surface area contributed by atoms with Crippen molar-refractivity contribution >= 4 is 27.6 Å². The van der Waals surface area contributed by atoms with Crippen LogP contribution >= 0.6 is 15.9 Å². The predicted octanol–water partition coefficient (Wildman–Crippen LogP) is 1.48. The number of carbonyl (C=O) groups is 1. The maximum absolute atomic E-state index is 10.9. The first-order chi connectivity index (χ1) is 7.90. The Hall–Kier alpha value is -1.67. The Kier molecular flexibility index (Phi) is 4.02. The molecule has 0 aromatic heterocycles. The Balaban J connectivity index is 3.56. The quantitative estimate of drug-likeness (QED) is 0.644. The molecule has 0 saturated carbocycles. The summed E-state index contributed by atoms with van der Waals surface area (Å²) in [5.41, 5.74) is -0.918. The molecule has 8 heteroatoms. The van der Waals surface area contributed by atoms with Gasteiger partial charge in [0.05, 0.1) is 16.5 Å². The summed E-state index contributed by atoms with van der Waals surface area (Å²) in [7, 11) is 1.23. The first kappa shape index (κ1) is 13.4. The minimum Gasteiger partial charge on any atom is -0.496 e. The molecule has 0 aliphatic rings. The summed E-state index contributed by atoms with van der Waals surface area (Å²) in [5, 5.41) is 29.0. The minimum atomic E-state index is -2.03. The average molecular weight is 306 g/mol. The van der Waals surface area contributed by atoms with Crippen molar-refractivity contribution in [2.45, 2.75) is 6.10 Å². The Morgan fingerprint density at radius 1 is 1.59 bits per heavy atom. The molecular weight excluding hydrogens is 298 g/mol. The van der Waals surface area contributed by atoms with Crippen molar-refractivity contribution < 1.29 is 24.7 Å². The SMILES string of the molecule is COc1ccc(Br)c([N+](=O)[O-])c1C(O)C(=O)O. The van der Waals surface area contributed by atoms with Gasteiger partial charge in [0, 0.05) is 0 Å². The van der Waals surface area contributed by atoms with Crippen LogP contribution in [0.25, 0.3) is 0 Å². The van der Waals surface area contributed by atoms with Crippen molar-refractivity contribution in [1.29, 1.82) is 0 Å². The highest BCUT2D eigenvalue weighted by Gasteiger charge is 2.32. The molecule has 0 bridgehead atoms. The molecule has 1 unspecified atom stereocenters. The van der Waals surface area contributed by atoms with Crippen molar-refractivity contribution in [2.24, 2.45) is 0 Å². The molecule has 0 heterocycles. The minimum absolute atomic E-state index is 0.0604. The topological polar surface area (TPSA) is 110 Å². The number of hydrogen-bond acceptors (Lipinski definition) is 5. The highest BCUT2D eigenvalue weighted by molar-refractivity contribution is 9.10. The van der Waals surface area contributed by atoms with Gasteiger partial charge in [-0.3, -0.25) is 10.1 Å². The van der Waals surface area contributed by atoms with Gasteiger partial charge in [-0.05, 0) is 28.1 Å². The van der Waals surface area contributed by atoms with E-state index < -0.39 is 22.7 Å². The number of carboxylic acid groups (broad SMARTS) is 1. The highest BCUT2D eigenvalue weighted by atomic mass is 79.9. The van der Waals surface area contributed by atoms with Crippen LogP contribution in [0.3, 0.4) is 0 Å². The van der Waals surface area contributed by atoms with E-state index in [4.69, 9.17) is 9.84 Å². The average Bonchev–Trinajstić information content (AvgIpc) is 2.26. The van der Waals surface area contributed by atoms with Crippen LogP contribution in [0.5, 0.6) is 5.75 Å². The van der Waals surface area contributed by atoms with Crippen LogP contribution in [-0.4, -0.2) is 28.2 Å². The van der Waals surface area contributed by atoms with Gasteiger partial charge >= 0.3 is 5.97 Å². The summed E-state index contributed by atoms with van der Waals surface area (Å²) in [6, 6.07) is 2.67. The zero-order chi connectivity index (χ0) is 13.2. The second kappa shape index (κ2) is 5.11. The van der Waals surface area contributed by atoms with Crippen molar-refractivity contribution in [3.05, 3.63) is 32.3 Å². The molecule has 2 N–H and O–H groups in total. The summed E-state index contributed by atoms with van der Waals surface area (Å²) in [4.78, 5) is 20.8. The molecule has 0 aliphatic carbocycles. The fourth-order valence-electron chi connectivity index (χ4n) is 1.31. The van der Waals surface area contributed by atoms with E-state index in [1.54, 1.807) is 0 Å². The molecule has 0 saturated heterocycles. The molecular formula is C9H8BrNO6. The van der Waals surface area contributed by atoms with E-state index in [2.05, 4.69) is 15.9 Å². The molecule has 1 atom stereocenters. The lowest BCUT2D eigenvalue weighted by Crippen LogP contribution is -2.14. The summed E-state index contributed by atoms with van der Waals surface area (Å²) in [6.07, 6.45) is -2.03. The van der Waals surface area contributed by atoms with Gasteiger partial charge in [0.1, 0.15) is 11.3 Å². The summed E-state index contributed by atoms with van der Waals surface area (Å²) < 4.78 is 4.88. The van der Waals surface area contributed by atoms with E-state index in [1.165, 1.54) is 19.2 Å². The Morgan fingerprint density at radius 2 is 2.18 bits per heavy atom. The zero-order valence-corrected chi connectivity index (χ0v) is 10.2. The number of aliphatic hydroxyl groups is 1. The smallest absolute Gasteiger partial charge is 0.337 e. The van der Waals surface area contributed by atoms with Crippen LogP contribution in [0.15, 0.2) is 16.6 Å². The first-order valence-corrected chi connectivity index (χ1v) is 5.11. The third kappa shape index (κ3) is 2.53. The molecule has 0 radical (unpaired) electrons. The highest BCUT2D eigenvalue weighted by Crippen LogP contribution is 2.39. The molecule has 0 fully saturated rings. The van der Waals surface area contributed by atoms with E-state index in [0.717, 1.165) is 0 Å². The number of aliphatic hydroxyl groups excluding tert-OH is 1. The molecule has 1 aromatic rings. The van der Waals surface area contributed by atoms with Crippen molar-refractivity contribution in [2.75, 3.05) is 7.11 Å². The predicted molar refractivity (Wildman–Crippen MR) is 59.9 cm³/mol. The third-order valence-electron chi connectivity index (χ3n) is 2.04. The van der Waals surface area contributed by atoms with Gasteiger partial charge in [0.2, 0.25) is 0 Å². The van der Waals surface area contributed by atoms with E-state index >= 15 is 0 Å². The number of ether oxygens (including phenoxy) is 1. The summed E-state index contributed by atoms with van der Waals surface area (Å²) in [5.74, 6) is -1.65. The number of halogens is 1. The van der Waals surface area contributed by atoms with Gasteiger partial charge in [0.15, 0.2) is 6.10 Å². The number of carboxylic acids is 1. The lowest BCUT2D eigenvalue weighted by molar-refractivity contribution is -0.387. The molecule has 17 heavy (non-hydrogen) atoms. The van der Waals surface area contributed by atoms with Gasteiger partial charge in [-0.15, -0.1) is 0 Å². The molecule has 0 aliphatic heterocycles. The van der Waals surface area contributed by atoms with Gasteiger partial charge in [-0.1, -0.05) is 0 Å². The number of nitro groups is 1. The van der Waals surface area contributed by atoms with Crippen LogP contribution < -0.4 is 4.74 Å². The van der Waals surface area contributed by atoms with E-state index in [0.29, 0.717) is 0 Å². The normalized spacial score (nSPS) is 11.9. The van der Waals surface area contributed by atoms with Gasteiger partial charge in [-0.25, -0.2) is 4.79 Å². The van der Waals surface area contributed by atoms with Crippen LogP contribution in [-0.2, 0) is 4.79 Å². The second-order valence-electron chi connectivity index (χ2n) is 3.01. The van der Waals surface area contributed by atoms with Crippen LogP contribution in [0, 0.1) is 10.1 Å². The van der Waals surface area contributed by atoms with Crippen molar-refractivity contribution in [3.8, 4) is 5.75 Å². The first-order valence-electron chi connectivity index (χ1n) is 4.31. The second-order valence-corrected chi connectivity index (χ2v) is 3.86. The van der Waals surface area contributed by atoms with Gasteiger partial charge in [-0.2, -0.15) is 0 Å². The largest absolute Gasteiger partial charge is 0.496 e. The number of methoxy groups -OCH3 is 1. The Labute approximate surface area is 104 Å². The van der Waals surface area contributed by atoms with Gasteiger partial charge in [0.25, 0.3) is 5.69 Å². The number of nitro benzene ring substituents is 1. The standard InChI is InChI=1S/C9H8BrNO6/c1-17-5-3-2-4(10)7(11(15)16)6(5)8(12)9(13)14/h2-3,8,12H,1H3,(H,13,14). The van der Waals surface area contributed by atoms with E-state index in [9.17, 15) is 20.0 Å². The van der Waals surface area contributed by atoms with Crippen LogP contribution in [0.4, 0.5) is 5.69 Å².